The second kappa shape index (κ2) is 8.06. The van der Waals surface area contributed by atoms with Crippen LogP contribution in [-0.2, 0) is 6.54 Å². The molecule has 0 fully saturated rings. The molecular formula is C22H18ClNO3. The lowest BCUT2D eigenvalue weighted by Crippen LogP contribution is -2.24. The predicted molar refractivity (Wildman–Crippen MR) is 106 cm³/mol. The van der Waals surface area contributed by atoms with Crippen molar-refractivity contribution in [3.8, 4) is 11.1 Å². The number of carboxylic acid groups (broad SMARTS) is 1. The molecule has 0 heterocycles. The SMILES string of the molecule is Cc1cc(Cl)cc(C(=O)NCc2cc(-c3ccccc3)ccc2C(=O)O)c1. The molecule has 2 N–H and O–H groups in total. The lowest BCUT2D eigenvalue weighted by Gasteiger charge is -2.11. The van der Waals surface area contributed by atoms with E-state index in [2.05, 4.69) is 5.32 Å². The minimum atomic E-state index is -1.03. The molecule has 0 aliphatic heterocycles. The molecule has 0 saturated heterocycles. The van der Waals surface area contributed by atoms with Crippen LogP contribution in [0.1, 0.15) is 31.8 Å². The number of benzene rings is 3. The van der Waals surface area contributed by atoms with E-state index in [4.69, 9.17) is 11.6 Å². The van der Waals surface area contributed by atoms with Crippen molar-refractivity contribution < 1.29 is 14.7 Å². The molecule has 0 radical (unpaired) electrons. The molecular weight excluding hydrogens is 362 g/mol. The molecule has 3 rings (SSSR count). The minimum Gasteiger partial charge on any atom is -0.478 e. The van der Waals surface area contributed by atoms with Gasteiger partial charge >= 0.3 is 5.97 Å². The minimum absolute atomic E-state index is 0.104. The highest BCUT2D eigenvalue weighted by Gasteiger charge is 2.14. The molecule has 4 nitrogen and oxygen atoms in total. The first kappa shape index (κ1) is 18.7. The van der Waals surface area contributed by atoms with Crippen molar-refractivity contribution >= 4 is 23.5 Å². The van der Waals surface area contributed by atoms with Gasteiger partial charge < -0.3 is 10.4 Å². The summed E-state index contributed by atoms with van der Waals surface area (Å²) in [6.45, 7) is 1.96. The van der Waals surface area contributed by atoms with E-state index in [1.54, 1.807) is 36.4 Å². The highest BCUT2D eigenvalue weighted by atomic mass is 35.5. The maximum atomic E-state index is 12.4. The number of amides is 1. The van der Waals surface area contributed by atoms with E-state index in [9.17, 15) is 14.7 Å². The quantitative estimate of drug-likeness (QED) is 0.659. The zero-order valence-corrected chi connectivity index (χ0v) is 15.5. The Morgan fingerprint density at radius 1 is 0.963 bits per heavy atom. The fourth-order valence-corrected chi connectivity index (χ4v) is 3.19. The summed E-state index contributed by atoms with van der Waals surface area (Å²) in [5.41, 5.74) is 3.89. The smallest absolute Gasteiger partial charge is 0.336 e. The van der Waals surface area contributed by atoms with Gasteiger partial charge in [-0.2, -0.15) is 0 Å². The number of aromatic carboxylic acids is 1. The lowest BCUT2D eigenvalue weighted by atomic mass is 9.99. The Bertz CT molecular complexity index is 979. The number of hydrogen-bond donors (Lipinski definition) is 2. The van der Waals surface area contributed by atoms with Gasteiger partial charge in [0.05, 0.1) is 5.56 Å². The van der Waals surface area contributed by atoms with E-state index in [0.717, 1.165) is 16.7 Å². The van der Waals surface area contributed by atoms with Crippen LogP contribution < -0.4 is 5.32 Å². The topological polar surface area (TPSA) is 66.4 Å². The fourth-order valence-electron chi connectivity index (χ4n) is 2.90. The average Bonchev–Trinajstić information content (AvgIpc) is 2.65. The molecule has 27 heavy (non-hydrogen) atoms. The number of carbonyl (C=O) groups is 2. The molecule has 0 spiro atoms. The van der Waals surface area contributed by atoms with Crippen molar-refractivity contribution in [3.63, 3.8) is 0 Å². The molecule has 0 aliphatic rings. The van der Waals surface area contributed by atoms with E-state index >= 15 is 0 Å². The number of carbonyl (C=O) groups excluding carboxylic acids is 1. The highest BCUT2D eigenvalue weighted by Crippen LogP contribution is 2.23. The third kappa shape index (κ3) is 4.54. The molecule has 0 bridgehead atoms. The summed E-state index contributed by atoms with van der Waals surface area (Å²) in [7, 11) is 0. The second-order valence-electron chi connectivity index (χ2n) is 6.24. The molecule has 1 amide bonds. The third-order valence-electron chi connectivity index (χ3n) is 4.19. The van der Waals surface area contributed by atoms with Crippen LogP contribution in [0.15, 0.2) is 66.7 Å². The Kier molecular flexibility index (Phi) is 5.57. The van der Waals surface area contributed by atoms with Gasteiger partial charge in [-0.3, -0.25) is 4.79 Å². The van der Waals surface area contributed by atoms with Gasteiger partial charge in [0.15, 0.2) is 0 Å². The normalized spacial score (nSPS) is 10.4. The largest absolute Gasteiger partial charge is 0.478 e. The number of hydrogen-bond acceptors (Lipinski definition) is 2. The number of aryl methyl sites for hydroxylation is 1. The summed E-state index contributed by atoms with van der Waals surface area (Å²) >= 11 is 6.01. The summed E-state index contributed by atoms with van der Waals surface area (Å²) in [4.78, 5) is 24.0. The highest BCUT2D eigenvalue weighted by molar-refractivity contribution is 6.31. The van der Waals surface area contributed by atoms with Gasteiger partial charge in [0, 0.05) is 17.1 Å². The first-order chi connectivity index (χ1) is 12.9. The first-order valence-corrected chi connectivity index (χ1v) is 8.79. The zero-order chi connectivity index (χ0) is 19.4. The van der Waals surface area contributed by atoms with E-state index in [0.29, 0.717) is 16.1 Å². The molecule has 0 atom stereocenters. The molecule has 3 aromatic carbocycles. The van der Waals surface area contributed by atoms with Crippen LogP contribution in [0.2, 0.25) is 5.02 Å². The van der Waals surface area contributed by atoms with Gasteiger partial charge in [0.1, 0.15) is 0 Å². The Morgan fingerprint density at radius 2 is 1.70 bits per heavy atom. The van der Waals surface area contributed by atoms with Crippen LogP contribution in [0.5, 0.6) is 0 Å². The van der Waals surface area contributed by atoms with E-state index in [-0.39, 0.29) is 18.0 Å². The molecule has 0 saturated carbocycles. The van der Waals surface area contributed by atoms with E-state index in [1.165, 1.54) is 0 Å². The van der Waals surface area contributed by atoms with Gasteiger partial charge in [0.25, 0.3) is 5.91 Å². The van der Waals surface area contributed by atoms with E-state index < -0.39 is 5.97 Å². The van der Waals surface area contributed by atoms with Gasteiger partial charge in [0.2, 0.25) is 0 Å². The fraction of sp³-hybridized carbons (Fsp3) is 0.0909. The van der Waals surface area contributed by atoms with Crippen molar-refractivity contribution in [1.82, 2.24) is 5.32 Å². The van der Waals surface area contributed by atoms with Crippen LogP contribution in [0, 0.1) is 6.92 Å². The number of halogens is 1. The Hall–Kier alpha value is -3.11. The summed E-state index contributed by atoms with van der Waals surface area (Å²) < 4.78 is 0. The summed E-state index contributed by atoms with van der Waals surface area (Å²) in [5.74, 6) is -1.33. The van der Waals surface area contributed by atoms with E-state index in [1.807, 2.05) is 37.3 Å². The Morgan fingerprint density at radius 3 is 2.37 bits per heavy atom. The van der Waals surface area contributed by atoms with Crippen LogP contribution >= 0.6 is 11.6 Å². The maximum Gasteiger partial charge on any atom is 0.336 e. The monoisotopic (exact) mass is 379 g/mol. The molecule has 136 valence electrons. The maximum absolute atomic E-state index is 12.4. The number of carboxylic acids is 1. The van der Waals surface area contributed by atoms with Crippen molar-refractivity contribution in [2.75, 3.05) is 0 Å². The standard InChI is InChI=1S/C22H18ClNO3/c1-14-9-17(12-19(23)10-14)21(25)24-13-18-11-16(7-8-20(18)22(26)27)15-5-3-2-4-6-15/h2-12H,13H2,1H3,(H,24,25)(H,26,27). The molecule has 5 heteroatoms. The van der Waals surface area contributed by atoms with Gasteiger partial charge in [-0.05, 0) is 59.5 Å². The van der Waals surface area contributed by atoms with Crippen molar-refractivity contribution in [3.05, 3.63) is 94.0 Å². The van der Waals surface area contributed by atoms with Crippen LogP contribution in [-0.4, -0.2) is 17.0 Å². The zero-order valence-electron chi connectivity index (χ0n) is 14.7. The van der Waals surface area contributed by atoms with Crippen molar-refractivity contribution in [2.45, 2.75) is 13.5 Å². The summed E-state index contributed by atoms with van der Waals surface area (Å²) in [6.07, 6.45) is 0. The first-order valence-electron chi connectivity index (χ1n) is 8.41. The Balaban J connectivity index is 1.86. The predicted octanol–water partition coefficient (Wildman–Crippen LogP) is 4.94. The second-order valence-corrected chi connectivity index (χ2v) is 6.68. The number of rotatable bonds is 5. The average molecular weight is 380 g/mol. The third-order valence-corrected chi connectivity index (χ3v) is 4.40. The van der Waals surface area contributed by atoms with Crippen LogP contribution in [0.25, 0.3) is 11.1 Å². The Labute approximate surface area is 162 Å². The molecule has 0 aliphatic carbocycles. The van der Waals surface area contributed by atoms with Gasteiger partial charge in [-0.15, -0.1) is 0 Å². The molecule has 0 aromatic heterocycles. The van der Waals surface area contributed by atoms with Crippen molar-refractivity contribution in [2.24, 2.45) is 0 Å². The van der Waals surface area contributed by atoms with Gasteiger partial charge in [-0.1, -0.05) is 48.0 Å². The summed E-state index contributed by atoms with van der Waals surface area (Å²) in [5, 5.41) is 12.7. The molecule has 0 unspecified atom stereocenters. The van der Waals surface area contributed by atoms with Crippen molar-refractivity contribution in [1.29, 1.82) is 0 Å². The van der Waals surface area contributed by atoms with Gasteiger partial charge in [-0.25, -0.2) is 4.79 Å². The lowest BCUT2D eigenvalue weighted by molar-refractivity contribution is 0.0694. The van der Waals surface area contributed by atoms with Crippen LogP contribution in [0.3, 0.4) is 0 Å². The number of nitrogens with one attached hydrogen (secondary N) is 1. The summed E-state index contributed by atoms with van der Waals surface area (Å²) in [6, 6.07) is 19.9. The molecule has 3 aromatic rings. The van der Waals surface area contributed by atoms with Crippen LogP contribution in [0.4, 0.5) is 0 Å².